The third-order valence-electron chi connectivity index (χ3n) is 2.40. The largest absolute Gasteiger partial charge is 0.399 e. The van der Waals surface area contributed by atoms with Crippen molar-refractivity contribution in [2.24, 2.45) is 5.73 Å². The zero-order valence-electron chi connectivity index (χ0n) is 8.11. The van der Waals surface area contributed by atoms with E-state index in [1.165, 1.54) is 10.9 Å². The first kappa shape index (κ1) is 9.09. The Bertz CT molecular complexity index is 431. The smallest absolute Gasteiger partial charge is 0.0500 e. The van der Waals surface area contributed by atoms with Crippen LogP contribution in [0.25, 0.3) is 10.9 Å². The Morgan fingerprint density at radius 2 is 2.07 bits per heavy atom. The summed E-state index contributed by atoms with van der Waals surface area (Å²) in [4.78, 5) is 0. The van der Waals surface area contributed by atoms with E-state index in [0.717, 1.165) is 25.2 Å². The summed E-state index contributed by atoms with van der Waals surface area (Å²) in [7, 11) is 0. The Morgan fingerprint density at radius 3 is 2.86 bits per heavy atom. The standard InChI is InChI=1S/C11H15N3/c12-5-1-6-14-7-4-9-2-3-10(13)8-11(9)14/h2-4,7-8H,1,5-6,12-13H2. The average Bonchev–Trinajstić information content (AvgIpc) is 2.57. The molecule has 2 aromatic rings. The molecule has 74 valence electrons. The van der Waals surface area contributed by atoms with Crippen LogP contribution in [-0.4, -0.2) is 11.1 Å². The maximum absolute atomic E-state index is 5.74. The fourth-order valence-electron chi connectivity index (χ4n) is 1.66. The molecule has 1 heterocycles. The molecule has 0 spiro atoms. The van der Waals surface area contributed by atoms with E-state index < -0.39 is 0 Å². The number of hydrogen-bond donors (Lipinski definition) is 2. The van der Waals surface area contributed by atoms with Crippen molar-refractivity contribution in [3.05, 3.63) is 30.5 Å². The van der Waals surface area contributed by atoms with E-state index in [0.29, 0.717) is 0 Å². The van der Waals surface area contributed by atoms with Gasteiger partial charge in [-0.15, -0.1) is 0 Å². The number of hydrogen-bond acceptors (Lipinski definition) is 2. The molecule has 0 fully saturated rings. The van der Waals surface area contributed by atoms with Crippen LogP contribution in [-0.2, 0) is 6.54 Å². The van der Waals surface area contributed by atoms with Crippen molar-refractivity contribution in [2.45, 2.75) is 13.0 Å². The number of nitrogens with zero attached hydrogens (tertiary/aromatic N) is 1. The quantitative estimate of drug-likeness (QED) is 0.720. The average molecular weight is 189 g/mol. The summed E-state index contributed by atoms with van der Waals surface area (Å²) in [5.74, 6) is 0. The van der Waals surface area contributed by atoms with Crippen LogP contribution in [0.1, 0.15) is 6.42 Å². The lowest BCUT2D eigenvalue weighted by Gasteiger charge is -2.04. The number of anilines is 1. The number of aryl methyl sites for hydroxylation is 1. The highest BCUT2D eigenvalue weighted by Crippen LogP contribution is 2.18. The first-order valence-corrected chi connectivity index (χ1v) is 4.85. The van der Waals surface area contributed by atoms with Gasteiger partial charge in [-0.1, -0.05) is 6.07 Å². The fourth-order valence-corrected chi connectivity index (χ4v) is 1.66. The van der Waals surface area contributed by atoms with Crippen LogP contribution in [0.15, 0.2) is 30.5 Å². The highest BCUT2D eigenvalue weighted by atomic mass is 15.0. The fraction of sp³-hybridized carbons (Fsp3) is 0.273. The number of fused-ring (bicyclic) bond motifs is 1. The van der Waals surface area contributed by atoms with Gasteiger partial charge in [0.2, 0.25) is 0 Å². The summed E-state index contributed by atoms with van der Waals surface area (Å²) < 4.78 is 2.19. The van der Waals surface area contributed by atoms with Gasteiger partial charge >= 0.3 is 0 Å². The second-order valence-electron chi connectivity index (χ2n) is 3.47. The number of rotatable bonds is 3. The van der Waals surface area contributed by atoms with E-state index in [1.54, 1.807) is 0 Å². The van der Waals surface area contributed by atoms with E-state index in [2.05, 4.69) is 16.8 Å². The minimum Gasteiger partial charge on any atom is -0.399 e. The van der Waals surface area contributed by atoms with Crippen molar-refractivity contribution >= 4 is 16.6 Å². The predicted molar refractivity (Wildman–Crippen MR) is 60.0 cm³/mol. The SMILES string of the molecule is NCCCn1ccc2ccc(N)cc21. The highest BCUT2D eigenvalue weighted by Gasteiger charge is 2.00. The van der Waals surface area contributed by atoms with Crippen molar-refractivity contribution in [2.75, 3.05) is 12.3 Å². The van der Waals surface area contributed by atoms with Crippen molar-refractivity contribution in [1.29, 1.82) is 0 Å². The molecular weight excluding hydrogens is 174 g/mol. The van der Waals surface area contributed by atoms with Gasteiger partial charge in [-0.25, -0.2) is 0 Å². The second-order valence-corrected chi connectivity index (χ2v) is 3.47. The summed E-state index contributed by atoms with van der Waals surface area (Å²) in [5.41, 5.74) is 13.2. The third-order valence-corrected chi connectivity index (χ3v) is 2.40. The van der Waals surface area contributed by atoms with Crippen LogP contribution in [0.4, 0.5) is 5.69 Å². The monoisotopic (exact) mass is 189 g/mol. The Morgan fingerprint density at radius 1 is 1.21 bits per heavy atom. The molecule has 4 N–H and O–H groups in total. The highest BCUT2D eigenvalue weighted by molar-refractivity contribution is 5.83. The van der Waals surface area contributed by atoms with Crippen LogP contribution >= 0.6 is 0 Å². The maximum atomic E-state index is 5.74. The van der Waals surface area contributed by atoms with Gasteiger partial charge in [-0.05, 0) is 36.6 Å². The van der Waals surface area contributed by atoms with Crippen LogP contribution in [0.3, 0.4) is 0 Å². The summed E-state index contributed by atoms with van der Waals surface area (Å²) in [6, 6.07) is 8.08. The molecule has 0 bridgehead atoms. The van der Waals surface area contributed by atoms with E-state index in [9.17, 15) is 0 Å². The molecule has 0 atom stereocenters. The molecule has 1 aromatic heterocycles. The number of benzene rings is 1. The normalized spacial score (nSPS) is 10.9. The van der Waals surface area contributed by atoms with Crippen LogP contribution in [0, 0.1) is 0 Å². The summed E-state index contributed by atoms with van der Waals surface area (Å²) in [5, 5.41) is 1.23. The molecule has 0 aliphatic heterocycles. The van der Waals surface area contributed by atoms with Gasteiger partial charge in [-0.2, -0.15) is 0 Å². The van der Waals surface area contributed by atoms with Crippen molar-refractivity contribution < 1.29 is 0 Å². The molecule has 0 aliphatic rings. The van der Waals surface area contributed by atoms with Crippen molar-refractivity contribution in [1.82, 2.24) is 4.57 Å². The molecule has 0 saturated carbocycles. The van der Waals surface area contributed by atoms with Crippen LogP contribution in [0.2, 0.25) is 0 Å². The maximum Gasteiger partial charge on any atom is 0.0500 e. The Hall–Kier alpha value is -1.48. The minimum absolute atomic E-state index is 0.724. The number of nitrogens with two attached hydrogens (primary N) is 2. The van der Waals surface area contributed by atoms with Gasteiger partial charge in [0.25, 0.3) is 0 Å². The first-order valence-electron chi connectivity index (χ1n) is 4.85. The lowest BCUT2D eigenvalue weighted by Crippen LogP contribution is -2.04. The Balaban J connectivity index is 2.40. The molecule has 3 heteroatoms. The molecular formula is C11H15N3. The van der Waals surface area contributed by atoms with Gasteiger partial charge in [0.05, 0.1) is 5.52 Å². The van der Waals surface area contributed by atoms with Crippen molar-refractivity contribution in [3.63, 3.8) is 0 Å². The molecule has 1 aromatic carbocycles. The number of nitrogen functional groups attached to an aromatic ring is 1. The van der Waals surface area contributed by atoms with Gasteiger partial charge in [0.1, 0.15) is 0 Å². The van der Waals surface area contributed by atoms with E-state index in [1.807, 2.05) is 18.2 Å². The first-order chi connectivity index (χ1) is 6.81. The molecule has 2 rings (SSSR count). The van der Waals surface area contributed by atoms with Gasteiger partial charge in [-0.3, -0.25) is 0 Å². The lowest BCUT2D eigenvalue weighted by molar-refractivity contribution is 0.671. The topological polar surface area (TPSA) is 57.0 Å². The van der Waals surface area contributed by atoms with E-state index in [-0.39, 0.29) is 0 Å². The summed E-state index contributed by atoms with van der Waals surface area (Å²) >= 11 is 0. The number of aromatic nitrogens is 1. The zero-order valence-corrected chi connectivity index (χ0v) is 8.11. The van der Waals surface area contributed by atoms with E-state index >= 15 is 0 Å². The molecule has 3 nitrogen and oxygen atoms in total. The van der Waals surface area contributed by atoms with Gasteiger partial charge in [0.15, 0.2) is 0 Å². The Kier molecular flexibility index (Phi) is 2.41. The minimum atomic E-state index is 0.724. The van der Waals surface area contributed by atoms with Crippen LogP contribution < -0.4 is 11.5 Å². The summed E-state index contributed by atoms with van der Waals surface area (Å²) in [6.07, 6.45) is 3.08. The van der Waals surface area contributed by atoms with Crippen LogP contribution in [0.5, 0.6) is 0 Å². The van der Waals surface area contributed by atoms with E-state index in [4.69, 9.17) is 11.5 Å². The molecule has 0 amide bonds. The molecule has 0 unspecified atom stereocenters. The molecule has 0 radical (unpaired) electrons. The third kappa shape index (κ3) is 1.59. The lowest BCUT2D eigenvalue weighted by atomic mass is 10.2. The predicted octanol–water partition coefficient (Wildman–Crippen LogP) is 1.57. The Labute approximate surface area is 83.3 Å². The van der Waals surface area contributed by atoms with Gasteiger partial charge < -0.3 is 16.0 Å². The summed E-state index contributed by atoms with van der Waals surface area (Å²) in [6.45, 7) is 1.69. The second kappa shape index (κ2) is 3.72. The molecule has 14 heavy (non-hydrogen) atoms. The van der Waals surface area contributed by atoms with Crippen molar-refractivity contribution in [3.8, 4) is 0 Å². The molecule has 0 aliphatic carbocycles. The zero-order chi connectivity index (χ0) is 9.97. The van der Waals surface area contributed by atoms with Gasteiger partial charge in [0, 0.05) is 18.4 Å². The molecule has 0 saturated heterocycles.